The molecule has 11 heteroatoms. The number of pyridine rings is 1. The highest BCUT2D eigenvalue weighted by Crippen LogP contribution is 2.39. The maximum absolute atomic E-state index is 11.5. The average molecular weight is 568 g/mol. The highest BCUT2D eigenvalue weighted by atomic mass is 19.4. The van der Waals surface area contributed by atoms with Gasteiger partial charge in [0, 0.05) is 24.2 Å². The lowest BCUT2D eigenvalue weighted by atomic mass is 9.83. The zero-order chi connectivity index (χ0) is 29.4. The Bertz CT molecular complexity index is 1500. The first kappa shape index (κ1) is 29.5. The third-order valence-corrected chi connectivity index (χ3v) is 6.62. The molecule has 2 unspecified atom stereocenters. The van der Waals surface area contributed by atoms with Crippen molar-refractivity contribution in [1.82, 2.24) is 10.3 Å². The van der Waals surface area contributed by atoms with Crippen LogP contribution >= 0.6 is 0 Å². The number of hydrogen-bond donors (Lipinski definition) is 4. The number of hydrogen-bond acceptors (Lipinski definition) is 5. The third-order valence-electron chi connectivity index (χ3n) is 6.62. The molecule has 1 aliphatic rings. The molecule has 2 atom stereocenters. The molecule has 1 amide bonds. The van der Waals surface area contributed by atoms with Crippen LogP contribution in [0.15, 0.2) is 85.1 Å². The quantitative estimate of drug-likeness (QED) is 0.216. The van der Waals surface area contributed by atoms with Crippen molar-refractivity contribution in [3.8, 4) is 11.1 Å². The van der Waals surface area contributed by atoms with Gasteiger partial charge < -0.3 is 20.3 Å². The SMILES string of the molecule is O=C(O)C(F)(F)F.O=C(O)Nc1nccc(C2CCNCC2OCc2ccc3ccccc3c2)c1-c1ccccc1. The number of benzene rings is 3. The van der Waals surface area contributed by atoms with Crippen molar-refractivity contribution in [2.45, 2.75) is 31.2 Å². The predicted octanol–water partition coefficient (Wildman–Crippen LogP) is 6.29. The van der Waals surface area contributed by atoms with Crippen LogP contribution in [0.3, 0.4) is 0 Å². The number of alkyl halides is 3. The lowest BCUT2D eigenvalue weighted by Gasteiger charge is -2.34. The Labute approximate surface area is 233 Å². The van der Waals surface area contributed by atoms with Gasteiger partial charge in [-0.2, -0.15) is 13.2 Å². The van der Waals surface area contributed by atoms with Crippen molar-refractivity contribution in [2.75, 3.05) is 18.4 Å². The Balaban J connectivity index is 0.000000493. The van der Waals surface area contributed by atoms with Gasteiger partial charge in [0.2, 0.25) is 0 Å². The minimum Gasteiger partial charge on any atom is -0.475 e. The molecule has 4 N–H and O–H groups in total. The highest BCUT2D eigenvalue weighted by Gasteiger charge is 2.38. The summed E-state index contributed by atoms with van der Waals surface area (Å²) in [6, 6.07) is 26.6. The number of aromatic nitrogens is 1. The number of carboxylic acid groups (broad SMARTS) is 2. The standard InChI is InChI=1S/C28H27N3O3.C2HF3O2/c32-28(33)31-27-26(21-7-2-1-3-8-21)24(13-15-30-27)23-12-14-29-17-25(23)34-18-19-10-11-20-6-4-5-9-22(20)16-19;3-2(4,5)1(6)7/h1-11,13,15-16,23,25,29H,12,14,17-18H2,(H,30,31)(H,32,33);(H,6,7). The smallest absolute Gasteiger partial charge is 0.475 e. The van der Waals surface area contributed by atoms with Crippen molar-refractivity contribution < 1.29 is 37.7 Å². The molecular formula is C30H28F3N3O5. The zero-order valence-corrected chi connectivity index (χ0v) is 21.8. The Kier molecular flexibility index (Phi) is 9.53. The van der Waals surface area contributed by atoms with E-state index in [1.807, 2.05) is 48.5 Å². The number of nitrogens with one attached hydrogen (secondary N) is 2. The summed E-state index contributed by atoms with van der Waals surface area (Å²) >= 11 is 0. The molecule has 0 spiro atoms. The highest BCUT2D eigenvalue weighted by molar-refractivity contribution is 5.90. The van der Waals surface area contributed by atoms with E-state index in [0.29, 0.717) is 12.4 Å². The minimum atomic E-state index is -5.08. The summed E-state index contributed by atoms with van der Waals surface area (Å²) < 4.78 is 38.2. The largest absolute Gasteiger partial charge is 0.490 e. The monoisotopic (exact) mass is 567 g/mol. The normalized spacial score (nSPS) is 16.9. The van der Waals surface area contributed by atoms with Crippen LogP contribution in [0.4, 0.5) is 23.8 Å². The third kappa shape index (κ3) is 7.80. The van der Waals surface area contributed by atoms with Crippen LogP contribution in [0.5, 0.6) is 0 Å². The van der Waals surface area contributed by atoms with E-state index in [9.17, 15) is 23.1 Å². The van der Waals surface area contributed by atoms with E-state index < -0.39 is 18.2 Å². The summed E-state index contributed by atoms with van der Waals surface area (Å²) in [4.78, 5) is 24.7. The van der Waals surface area contributed by atoms with Gasteiger partial charge in [-0.3, -0.25) is 5.32 Å². The summed E-state index contributed by atoms with van der Waals surface area (Å²) in [5, 5.41) is 24.9. The van der Waals surface area contributed by atoms with Gasteiger partial charge in [-0.25, -0.2) is 14.6 Å². The molecule has 41 heavy (non-hydrogen) atoms. The summed E-state index contributed by atoms with van der Waals surface area (Å²) in [6.45, 7) is 2.12. The molecule has 1 saturated heterocycles. The molecule has 4 aromatic rings. The molecule has 2 heterocycles. The molecular weight excluding hydrogens is 539 g/mol. The topological polar surface area (TPSA) is 121 Å². The van der Waals surface area contributed by atoms with Gasteiger partial charge in [-0.1, -0.05) is 66.7 Å². The molecule has 1 fully saturated rings. The molecule has 0 bridgehead atoms. The van der Waals surface area contributed by atoms with Crippen molar-refractivity contribution in [3.05, 3.63) is 96.2 Å². The second-order valence-corrected chi connectivity index (χ2v) is 9.35. The second-order valence-electron chi connectivity index (χ2n) is 9.35. The Hall–Kier alpha value is -4.48. The molecule has 0 saturated carbocycles. The molecule has 3 aromatic carbocycles. The lowest BCUT2D eigenvalue weighted by Crippen LogP contribution is -2.41. The molecule has 5 rings (SSSR count). The summed E-state index contributed by atoms with van der Waals surface area (Å²) in [7, 11) is 0. The first-order chi connectivity index (χ1) is 19.6. The van der Waals surface area contributed by atoms with Gasteiger partial charge in [-0.15, -0.1) is 0 Å². The van der Waals surface area contributed by atoms with Crippen LogP contribution in [0.1, 0.15) is 23.5 Å². The van der Waals surface area contributed by atoms with Crippen molar-refractivity contribution in [1.29, 1.82) is 0 Å². The van der Waals surface area contributed by atoms with E-state index in [-0.39, 0.29) is 12.0 Å². The number of halogens is 3. The van der Waals surface area contributed by atoms with E-state index in [0.717, 1.165) is 41.8 Å². The minimum absolute atomic E-state index is 0.0530. The predicted molar refractivity (Wildman–Crippen MR) is 148 cm³/mol. The van der Waals surface area contributed by atoms with Crippen LogP contribution in [-0.4, -0.2) is 52.6 Å². The maximum Gasteiger partial charge on any atom is 0.490 e. The number of fused-ring (bicyclic) bond motifs is 1. The second kappa shape index (κ2) is 13.2. The molecule has 8 nitrogen and oxygen atoms in total. The van der Waals surface area contributed by atoms with Gasteiger partial charge >= 0.3 is 18.2 Å². The molecule has 0 aliphatic carbocycles. The van der Waals surface area contributed by atoms with Crippen LogP contribution in [-0.2, 0) is 16.1 Å². The fourth-order valence-electron chi connectivity index (χ4n) is 4.78. The summed E-state index contributed by atoms with van der Waals surface area (Å²) in [5.41, 5.74) is 3.93. The van der Waals surface area contributed by atoms with E-state index in [4.69, 9.17) is 14.6 Å². The van der Waals surface area contributed by atoms with Crippen molar-refractivity contribution >= 4 is 28.7 Å². The fraction of sp³-hybridized carbons (Fsp3) is 0.233. The molecule has 1 aromatic heterocycles. The number of nitrogens with zero attached hydrogens (tertiary/aromatic N) is 1. The van der Waals surface area contributed by atoms with Crippen LogP contribution < -0.4 is 10.6 Å². The number of amides is 1. The number of rotatable bonds is 6. The van der Waals surface area contributed by atoms with Crippen LogP contribution in [0.25, 0.3) is 21.9 Å². The lowest BCUT2D eigenvalue weighted by molar-refractivity contribution is -0.192. The maximum atomic E-state index is 11.5. The number of ether oxygens (including phenoxy) is 1. The molecule has 0 radical (unpaired) electrons. The van der Waals surface area contributed by atoms with E-state index in [1.54, 1.807) is 6.20 Å². The van der Waals surface area contributed by atoms with E-state index in [2.05, 4.69) is 45.9 Å². The van der Waals surface area contributed by atoms with E-state index in [1.165, 1.54) is 10.8 Å². The Morgan fingerprint density at radius 2 is 1.66 bits per heavy atom. The number of carboxylic acids is 1. The number of anilines is 1. The Morgan fingerprint density at radius 3 is 2.34 bits per heavy atom. The average Bonchev–Trinajstić information content (AvgIpc) is 2.96. The van der Waals surface area contributed by atoms with Gasteiger partial charge in [0.25, 0.3) is 0 Å². The molecule has 1 aliphatic heterocycles. The number of piperidine rings is 1. The number of aliphatic carboxylic acids is 1. The first-order valence-electron chi connectivity index (χ1n) is 12.8. The fourth-order valence-corrected chi connectivity index (χ4v) is 4.78. The van der Waals surface area contributed by atoms with E-state index >= 15 is 0 Å². The molecule has 214 valence electrons. The Morgan fingerprint density at radius 1 is 0.976 bits per heavy atom. The van der Waals surface area contributed by atoms with Gasteiger partial charge in [0.1, 0.15) is 5.82 Å². The van der Waals surface area contributed by atoms with Gasteiger partial charge in [0.15, 0.2) is 0 Å². The van der Waals surface area contributed by atoms with Crippen molar-refractivity contribution in [3.63, 3.8) is 0 Å². The van der Waals surface area contributed by atoms with Gasteiger partial charge in [-0.05, 0) is 52.6 Å². The van der Waals surface area contributed by atoms with Crippen molar-refractivity contribution in [2.24, 2.45) is 0 Å². The van der Waals surface area contributed by atoms with Crippen LogP contribution in [0.2, 0.25) is 0 Å². The summed E-state index contributed by atoms with van der Waals surface area (Å²) in [5.74, 6) is -2.30. The van der Waals surface area contributed by atoms with Gasteiger partial charge in [0.05, 0.1) is 12.7 Å². The number of carbonyl (C=O) groups is 2. The van der Waals surface area contributed by atoms with Crippen LogP contribution in [0, 0.1) is 0 Å². The summed E-state index contributed by atoms with van der Waals surface area (Å²) in [6.07, 6.45) is -3.70. The first-order valence-corrected chi connectivity index (χ1v) is 12.8. The zero-order valence-electron chi connectivity index (χ0n) is 21.8.